The van der Waals surface area contributed by atoms with Crippen molar-refractivity contribution < 1.29 is 14.9 Å². The summed E-state index contributed by atoms with van der Waals surface area (Å²) in [5.41, 5.74) is 7.00. The molecule has 3 aliphatic rings. The van der Waals surface area contributed by atoms with Crippen LogP contribution in [0.2, 0.25) is 0 Å². The first-order valence-corrected chi connectivity index (χ1v) is 6.83. The largest absolute Gasteiger partial charge is 0.423 e. The molecule has 0 aromatic carbocycles. The number of hydrogen-bond acceptors (Lipinski definition) is 7. The number of hydrogen-bond donors (Lipinski definition) is 4. The molecule has 0 amide bonds. The van der Waals surface area contributed by atoms with Crippen molar-refractivity contribution in [3.63, 3.8) is 0 Å². The van der Waals surface area contributed by atoms with Gasteiger partial charge in [-0.15, -0.1) is 0 Å². The summed E-state index contributed by atoms with van der Waals surface area (Å²) in [4.78, 5) is 8.61. The van der Waals surface area contributed by atoms with Crippen molar-refractivity contribution in [2.75, 3.05) is 40.1 Å². The SMILES string of the molecule is CN1CN(CC(CO)CO)C2=C1C1[OH+]CC1N=C(N)N2. The second kappa shape index (κ2) is 5.12. The molecule has 0 aliphatic carbocycles. The minimum absolute atomic E-state index is 0.0423. The maximum atomic E-state index is 9.26. The third kappa shape index (κ3) is 2.09. The Bertz CT molecular complexity index is 448. The van der Waals surface area contributed by atoms with Crippen LogP contribution in [0.25, 0.3) is 0 Å². The lowest BCUT2D eigenvalue weighted by molar-refractivity contribution is -0.196. The number of guanidine groups is 1. The molecule has 0 radical (unpaired) electrons. The summed E-state index contributed by atoms with van der Waals surface area (Å²) in [6.07, 6.45) is 0.0650. The summed E-state index contributed by atoms with van der Waals surface area (Å²) in [6, 6.07) is 0.129. The predicted octanol–water partition coefficient (Wildman–Crippen LogP) is -2.84. The van der Waals surface area contributed by atoms with Crippen molar-refractivity contribution in [1.29, 1.82) is 0 Å². The van der Waals surface area contributed by atoms with Gasteiger partial charge >= 0.3 is 0 Å². The molecule has 0 aromatic heterocycles. The maximum Gasteiger partial charge on any atom is 0.230 e. The first kappa shape index (κ1) is 13.5. The van der Waals surface area contributed by atoms with E-state index in [-0.39, 0.29) is 31.3 Å². The first-order chi connectivity index (χ1) is 9.63. The van der Waals surface area contributed by atoms with Crippen LogP contribution in [-0.2, 0) is 0 Å². The van der Waals surface area contributed by atoms with Gasteiger partial charge in [0.1, 0.15) is 11.5 Å². The highest BCUT2D eigenvalue weighted by Crippen LogP contribution is 2.32. The molecule has 2 unspecified atom stereocenters. The summed E-state index contributed by atoms with van der Waals surface area (Å²) < 4.78 is 4.50. The molecule has 2 atom stereocenters. The third-order valence-electron chi connectivity index (χ3n) is 4.03. The molecule has 112 valence electrons. The van der Waals surface area contributed by atoms with Crippen LogP contribution >= 0.6 is 0 Å². The number of fused-ring (bicyclic) bond motifs is 2. The Labute approximate surface area is 117 Å². The van der Waals surface area contributed by atoms with E-state index in [0.717, 1.165) is 11.5 Å². The van der Waals surface area contributed by atoms with Gasteiger partial charge in [-0.1, -0.05) is 0 Å². The summed E-state index contributed by atoms with van der Waals surface area (Å²) in [7, 11) is 2.01. The van der Waals surface area contributed by atoms with Crippen molar-refractivity contribution in [3.8, 4) is 0 Å². The van der Waals surface area contributed by atoms with Crippen LogP contribution in [0.4, 0.5) is 0 Å². The molecule has 0 spiro atoms. The van der Waals surface area contributed by atoms with Gasteiger partial charge in [-0.3, -0.25) is 0 Å². The van der Waals surface area contributed by atoms with Crippen molar-refractivity contribution >= 4 is 5.96 Å². The number of likely N-dealkylation sites (N-methyl/N-ethyl adjacent to an activating group) is 1. The number of rotatable bonds is 4. The average molecular weight is 284 g/mol. The van der Waals surface area contributed by atoms with Gasteiger partial charge in [0.25, 0.3) is 0 Å². The Morgan fingerprint density at radius 3 is 2.85 bits per heavy atom. The van der Waals surface area contributed by atoms with Crippen LogP contribution in [0.5, 0.6) is 0 Å². The smallest absolute Gasteiger partial charge is 0.230 e. The number of nitrogens with two attached hydrogens (primary N) is 1. The Hall–Kier alpha value is -1.51. The quantitative estimate of drug-likeness (QED) is 0.414. The van der Waals surface area contributed by atoms with Crippen LogP contribution in [0.3, 0.4) is 0 Å². The van der Waals surface area contributed by atoms with E-state index in [2.05, 4.69) is 24.8 Å². The van der Waals surface area contributed by atoms with Gasteiger partial charge in [0.2, 0.25) is 6.10 Å². The Morgan fingerprint density at radius 2 is 2.25 bits per heavy atom. The van der Waals surface area contributed by atoms with Gasteiger partial charge in [-0.25, -0.2) is 4.99 Å². The monoisotopic (exact) mass is 284 g/mol. The van der Waals surface area contributed by atoms with Gasteiger partial charge < -0.3 is 35.8 Å². The summed E-state index contributed by atoms with van der Waals surface area (Å²) in [5.74, 6) is 1.13. The number of aliphatic hydroxyl groups excluding tert-OH is 2. The molecular formula is C12H22N5O3+. The Morgan fingerprint density at radius 1 is 1.50 bits per heavy atom. The Balaban J connectivity index is 1.85. The van der Waals surface area contributed by atoms with Crippen LogP contribution < -0.4 is 11.1 Å². The van der Waals surface area contributed by atoms with Crippen LogP contribution in [0.15, 0.2) is 16.5 Å². The standard InChI is InChI=1S/C12H21N5O3/c1-16-6-17(2-7(3-18)4-19)11-9(16)10-8(5-20-10)14-12(13)15-11/h7-8,10,18-19H,2-6H2,1H3,(H3,13,14,15)/p+1. The second-order valence-electron chi connectivity index (χ2n) is 5.54. The zero-order chi connectivity index (χ0) is 14.3. The third-order valence-corrected chi connectivity index (χ3v) is 4.03. The molecule has 6 N–H and O–H groups in total. The van der Waals surface area contributed by atoms with E-state index in [0.29, 0.717) is 25.8 Å². The molecular weight excluding hydrogens is 262 g/mol. The van der Waals surface area contributed by atoms with Gasteiger partial charge in [0.15, 0.2) is 18.6 Å². The number of aliphatic hydroxyl groups is 4. The Kier molecular flexibility index (Phi) is 3.45. The van der Waals surface area contributed by atoms with E-state index in [1.54, 1.807) is 0 Å². The summed E-state index contributed by atoms with van der Waals surface area (Å²) >= 11 is 0. The van der Waals surface area contributed by atoms with Crippen LogP contribution in [0.1, 0.15) is 0 Å². The molecule has 1 saturated heterocycles. The molecule has 3 heterocycles. The van der Waals surface area contributed by atoms with E-state index in [1.165, 1.54) is 0 Å². The highest BCUT2D eigenvalue weighted by molar-refractivity contribution is 5.80. The van der Waals surface area contributed by atoms with Gasteiger partial charge in [0.05, 0.1) is 6.67 Å². The summed E-state index contributed by atoms with van der Waals surface area (Å²) in [6.45, 7) is 1.89. The highest BCUT2D eigenvalue weighted by Gasteiger charge is 2.49. The van der Waals surface area contributed by atoms with Gasteiger partial charge in [-0.05, 0) is 0 Å². The minimum atomic E-state index is -0.174. The molecule has 1 fully saturated rings. The van der Waals surface area contributed by atoms with E-state index < -0.39 is 0 Å². The normalized spacial score (nSPS) is 28.7. The van der Waals surface area contributed by atoms with E-state index >= 15 is 0 Å². The van der Waals surface area contributed by atoms with Crippen LogP contribution in [-0.4, -0.2) is 82.9 Å². The lowest BCUT2D eigenvalue weighted by atomic mass is 10.0. The number of ether oxygens (including phenoxy) is 1. The fraction of sp³-hybridized carbons (Fsp3) is 0.750. The molecule has 3 aliphatic heterocycles. The molecule has 0 aromatic rings. The van der Waals surface area contributed by atoms with E-state index in [4.69, 9.17) is 5.73 Å². The van der Waals surface area contributed by atoms with Crippen molar-refractivity contribution in [2.45, 2.75) is 12.1 Å². The fourth-order valence-electron chi connectivity index (χ4n) is 2.91. The van der Waals surface area contributed by atoms with Crippen LogP contribution in [0, 0.1) is 5.92 Å². The zero-order valence-electron chi connectivity index (χ0n) is 11.5. The van der Waals surface area contributed by atoms with Crippen molar-refractivity contribution in [3.05, 3.63) is 11.5 Å². The molecule has 0 bridgehead atoms. The maximum absolute atomic E-state index is 9.26. The highest BCUT2D eigenvalue weighted by atomic mass is 16.5. The van der Waals surface area contributed by atoms with Gasteiger partial charge in [-0.2, -0.15) is 0 Å². The second-order valence-corrected chi connectivity index (χ2v) is 5.54. The average Bonchev–Trinajstić information content (AvgIpc) is 2.64. The molecule has 20 heavy (non-hydrogen) atoms. The molecule has 8 heteroatoms. The number of nitrogens with zero attached hydrogens (tertiary/aromatic N) is 3. The number of nitrogens with one attached hydrogen (secondary N) is 1. The van der Waals surface area contributed by atoms with E-state index in [1.807, 2.05) is 7.05 Å². The minimum Gasteiger partial charge on any atom is -0.423 e. The summed E-state index contributed by atoms with van der Waals surface area (Å²) in [5, 5.41) is 21.7. The zero-order valence-corrected chi connectivity index (χ0v) is 11.5. The predicted molar refractivity (Wildman–Crippen MR) is 73.4 cm³/mol. The topological polar surface area (TPSA) is 110 Å². The van der Waals surface area contributed by atoms with Crippen molar-refractivity contribution in [2.24, 2.45) is 16.6 Å². The van der Waals surface area contributed by atoms with E-state index in [9.17, 15) is 10.2 Å². The number of aliphatic imine (C=N–C) groups is 1. The fourth-order valence-corrected chi connectivity index (χ4v) is 2.91. The molecule has 0 saturated carbocycles. The molecule has 3 rings (SSSR count). The van der Waals surface area contributed by atoms with Crippen molar-refractivity contribution in [1.82, 2.24) is 15.1 Å². The molecule has 8 nitrogen and oxygen atoms in total. The van der Waals surface area contributed by atoms with Gasteiger partial charge in [0, 0.05) is 32.7 Å². The lowest BCUT2D eigenvalue weighted by Crippen LogP contribution is -2.51. The lowest BCUT2D eigenvalue weighted by Gasteiger charge is -2.31. The first-order valence-electron chi connectivity index (χ1n) is 6.83.